The summed E-state index contributed by atoms with van der Waals surface area (Å²) in [5.41, 5.74) is 0.404. The first kappa shape index (κ1) is 16.6. The highest BCUT2D eigenvalue weighted by Gasteiger charge is 2.36. The number of rotatable bonds is 5. The van der Waals surface area contributed by atoms with Crippen molar-refractivity contribution in [3.8, 4) is 0 Å². The molecule has 3 atom stereocenters. The SMILES string of the molecule is CC(C)n1cnc(C(=O)NC[C@H]2C[C@H](c3nncn3C)C[C@H]2O)c1. The molecule has 3 rings (SSSR count). The number of aromatic nitrogens is 5. The predicted octanol–water partition coefficient (Wildman–Crippen LogP) is 0.877. The van der Waals surface area contributed by atoms with Gasteiger partial charge in [-0.3, -0.25) is 4.79 Å². The third-order valence-electron chi connectivity index (χ3n) is 4.72. The maximum absolute atomic E-state index is 12.2. The number of hydrogen-bond acceptors (Lipinski definition) is 5. The fourth-order valence-electron chi connectivity index (χ4n) is 3.25. The van der Waals surface area contributed by atoms with Gasteiger partial charge in [0.05, 0.1) is 12.4 Å². The summed E-state index contributed by atoms with van der Waals surface area (Å²) in [4.78, 5) is 16.3. The molecule has 0 spiro atoms. The summed E-state index contributed by atoms with van der Waals surface area (Å²) in [6.07, 6.45) is 6.06. The van der Waals surface area contributed by atoms with Crippen LogP contribution in [0.3, 0.4) is 0 Å². The van der Waals surface area contributed by atoms with Crippen LogP contribution >= 0.6 is 0 Å². The van der Waals surface area contributed by atoms with E-state index in [1.54, 1.807) is 18.9 Å². The van der Waals surface area contributed by atoms with Crippen molar-refractivity contribution < 1.29 is 9.90 Å². The molecule has 1 aliphatic carbocycles. The Morgan fingerprint density at radius 2 is 2.21 bits per heavy atom. The molecule has 130 valence electrons. The molecule has 0 radical (unpaired) electrons. The van der Waals surface area contributed by atoms with Gasteiger partial charge in [-0.1, -0.05) is 0 Å². The molecule has 1 aliphatic rings. The predicted molar refractivity (Wildman–Crippen MR) is 87.4 cm³/mol. The maximum Gasteiger partial charge on any atom is 0.271 e. The van der Waals surface area contributed by atoms with Crippen LogP contribution < -0.4 is 5.32 Å². The van der Waals surface area contributed by atoms with Gasteiger partial charge in [-0.25, -0.2) is 4.98 Å². The lowest BCUT2D eigenvalue weighted by atomic mass is 10.0. The summed E-state index contributed by atoms with van der Waals surface area (Å²) in [5.74, 6) is 0.875. The van der Waals surface area contributed by atoms with Crippen LogP contribution in [0.1, 0.15) is 55.0 Å². The molecular weight excluding hydrogens is 308 g/mol. The molecule has 2 aromatic rings. The Hall–Kier alpha value is -2.22. The van der Waals surface area contributed by atoms with E-state index in [0.29, 0.717) is 18.7 Å². The standard InChI is InChI=1S/C16H24N6O2/c1-10(2)22-7-13(18-8-22)16(24)17-6-12-4-11(5-14(12)23)15-20-19-9-21(15)3/h7-12,14,23H,4-6H2,1-3H3,(H,17,24)/t11-,12+,14+/m0/s1. The average molecular weight is 332 g/mol. The minimum atomic E-state index is -0.444. The highest BCUT2D eigenvalue weighted by atomic mass is 16.3. The topological polar surface area (TPSA) is 97.9 Å². The fourth-order valence-corrected chi connectivity index (χ4v) is 3.25. The van der Waals surface area contributed by atoms with Crippen LogP contribution in [0.25, 0.3) is 0 Å². The van der Waals surface area contributed by atoms with E-state index in [-0.39, 0.29) is 23.8 Å². The van der Waals surface area contributed by atoms with Crippen molar-refractivity contribution in [2.24, 2.45) is 13.0 Å². The van der Waals surface area contributed by atoms with Crippen LogP contribution in [-0.2, 0) is 7.05 Å². The molecule has 0 bridgehead atoms. The molecule has 2 N–H and O–H groups in total. The molecular formula is C16H24N6O2. The molecule has 0 aromatic carbocycles. The number of imidazole rings is 1. The van der Waals surface area contributed by atoms with Gasteiger partial charge in [-0.15, -0.1) is 10.2 Å². The van der Waals surface area contributed by atoms with Gasteiger partial charge in [0.2, 0.25) is 0 Å². The molecule has 1 saturated carbocycles. The van der Waals surface area contributed by atoms with Gasteiger partial charge in [-0.2, -0.15) is 0 Å². The van der Waals surface area contributed by atoms with E-state index in [0.717, 1.165) is 12.2 Å². The lowest BCUT2D eigenvalue weighted by Gasteiger charge is -2.14. The van der Waals surface area contributed by atoms with E-state index in [4.69, 9.17) is 0 Å². The Morgan fingerprint density at radius 1 is 1.42 bits per heavy atom. The van der Waals surface area contributed by atoms with Gasteiger partial charge in [0, 0.05) is 37.7 Å². The molecule has 1 fully saturated rings. The molecule has 24 heavy (non-hydrogen) atoms. The summed E-state index contributed by atoms with van der Waals surface area (Å²) in [7, 11) is 1.90. The second-order valence-electron chi connectivity index (χ2n) is 6.81. The van der Waals surface area contributed by atoms with Gasteiger partial charge < -0.3 is 19.6 Å². The Balaban J connectivity index is 1.56. The van der Waals surface area contributed by atoms with Crippen molar-refractivity contribution in [1.29, 1.82) is 0 Å². The minimum Gasteiger partial charge on any atom is -0.393 e. The quantitative estimate of drug-likeness (QED) is 0.847. The number of hydrogen-bond donors (Lipinski definition) is 2. The second kappa shape index (κ2) is 6.72. The van der Waals surface area contributed by atoms with E-state index in [2.05, 4.69) is 20.5 Å². The van der Waals surface area contributed by atoms with Crippen molar-refractivity contribution in [3.05, 3.63) is 30.4 Å². The van der Waals surface area contributed by atoms with Crippen LogP contribution in [0.5, 0.6) is 0 Å². The van der Waals surface area contributed by atoms with Gasteiger partial charge in [0.15, 0.2) is 0 Å². The zero-order valence-corrected chi connectivity index (χ0v) is 14.3. The van der Waals surface area contributed by atoms with Crippen LogP contribution in [0.15, 0.2) is 18.9 Å². The monoisotopic (exact) mass is 332 g/mol. The zero-order valence-electron chi connectivity index (χ0n) is 14.3. The third-order valence-corrected chi connectivity index (χ3v) is 4.72. The van der Waals surface area contributed by atoms with Gasteiger partial charge >= 0.3 is 0 Å². The van der Waals surface area contributed by atoms with E-state index >= 15 is 0 Å². The van der Waals surface area contributed by atoms with E-state index in [9.17, 15) is 9.90 Å². The highest BCUT2D eigenvalue weighted by Crippen LogP contribution is 2.37. The van der Waals surface area contributed by atoms with E-state index < -0.39 is 6.10 Å². The van der Waals surface area contributed by atoms with E-state index in [1.807, 2.05) is 30.0 Å². The molecule has 2 aromatic heterocycles. The number of carbonyl (C=O) groups is 1. The number of carbonyl (C=O) groups excluding carboxylic acids is 1. The van der Waals surface area contributed by atoms with Crippen molar-refractivity contribution in [2.45, 2.75) is 44.8 Å². The number of amides is 1. The average Bonchev–Trinajstić information content (AvgIpc) is 3.24. The first-order chi connectivity index (χ1) is 11.5. The normalized spacial score (nSPS) is 23.8. The molecule has 2 heterocycles. The van der Waals surface area contributed by atoms with Crippen molar-refractivity contribution in [1.82, 2.24) is 29.6 Å². The highest BCUT2D eigenvalue weighted by molar-refractivity contribution is 5.92. The van der Waals surface area contributed by atoms with Crippen molar-refractivity contribution >= 4 is 5.91 Å². The smallest absolute Gasteiger partial charge is 0.271 e. The number of aliphatic hydroxyl groups is 1. The number of nitrogens with one attached hydrogen (secondary N) is 1. The second-order valence-corrected chi connectivity index (χ2v) is 6.81. The minimum absolute atomic E-state index is 0.0165. The molecule has 8 heteroatoms. The summed E-state index contributed by atoms with van der Waals surface area (Å²) < 4.78 is 3.78. The maximum atomic E-state index is 12.2. The Kier molecular flexibility index (Phi) is 4.66. The van der Waals surface area contributed by atoms with Gasteiger partial charge in [0.25, 0.3) is 5.91 Å². The Labute approximate surface area is 140 Å². The van der Waals surface area contributed by atoms with Crippen molar-refractivity contribution in [2.75, 3.05) is 6.54 Å². The third kappa shape index (κ3) is 3.33. The molecule has 0 saturated heterocycles. The Bertz CT molecular complexity index is 707. The lowest BCUT2D eigenvalue weighted by Crippen LogP contribution is -2.32. The first-order valence-corrected chi connectivity index (χ1v) is 8.29. The van der Waals surface area contributed by atoms with Gasteiger partial charge in [0.1, 0.15) is 17.8 Å². The molecule has 1 amide bonds. The number of aryl methyl sites for hydroxylation is 1. The lowest BCUT2D eigenvalue weighted by molar-refractivity contribution is 0.0912. The van der Waals surface area contributed by atoms with E-state index in [1.165, 1.54) is 0 Å². The fraction of sp³-hybridized carbons (Fsp3) is 0.625. The molecule has 8 nitrogen and oxygen atoms in total. The molecule has 0 aliphatic heterocycles. The van der Waals surface area contributed by atoms with Crippen LogP contribution in [0.4, 0.5) is 0 Å². The first-order valence-electron chi connectivity index (χ1n) is 8.29. The van der Waals surface area contributed by atoms with Crippen LogP contribution in [-0.4, -0.2) is 48.0 Å². The largest absolute Gasteiger partial charge is 0.393 e. The summed E-state index contributed by atoms with van der Waals surface area (Å²) in [6.45, 7) is 4.50. The molecule has 0 unspecified atom stereocenters. The Morgan fingerprint density at radius 3 is 2.83 bits per heavy atom. The number of aliphatic hydroxyl groups excluding tert-OH is 1. The van der Waals surface area contributed by atoms with Crippen LogP contribution in [0, 0.1) is 5.92 Å². The summed E-state index contributed by atoms with van der Waals surface area (Å²) in [6, 6.07) is 0.267. The number of nitrogens with zero attached hydrogens (tertiary/aromatic N) is 5. The van der Waals surface area contributed by atoms with Crippen LogP contribution in [0.2, 0.25) is 0 Å². The summed E-state index contributed by atoms with van der Waals surface area (Å²) >= 11 is 0. The van der Waals surface area contributed by atoms with Gasteiger partial charge in [-0.05, 0) is 26.7 Å². The summed E-state index contributed by atoms with van der Waals surface area (Å²) in [5, 5.41) is 21.2. The zero-order chi connectivity index (χ0) is 17.3. The van der Waals surface area contributed by atoms with Crippen molar-refractivity contribution in [3.63, 3.8) is 0 Å².